The molecule has 4 aromatic rings. The fourth-order valence-corrected chi connectivity index (χ4v) is 4.86. The van der Waals surface area contributed by atoms with Crippen LogP contribution < -0.4 is 9.47 Å². The maximum atomic E-state index is 13.6. The number of halogens is 2. The maximum absolute atomic E-state index is 13.6. The van der Waals surface area contributed by atoms with Gasteiger partial charge in [-0.3, -0.25) is 4.57 Å². The standard InChI is InChI=1S/C20H17F2N3O2S2/c1-26-16-9-5-6-13(17(16)27-2)18-23-12(10-28-18)11-29-20-24-14-7-3-4-8-15(14)25(20)19(21)22/h3-10,19H,11H2,1-2H3. The van der Waals surface area contributed by atoms with Gasteiger partial charge in [0.1, 0.15) is 5.01 Å². The number of para-hydroxylation sites is 3. The van der Waals surface area contributed by atoms with E-state index in [1.54, 1.807) is 38.5 Å². The molecule has 0 bridgehead atoms. The molecular formula is C20H17F2N3O2S2. The van der Waals surface area contributed by atoms with Gasteiger partial charge in [-0.1, -0.05) is 30.0 Å². The third-order valence-electron chi connectivity index (χ3n) is 4.29. The van der Waals surface area contributed by atoms with Crippen molar-refractivity contribution in [1.82, 2.24) is 14.5 Å². The molecule has 4 rings (SSSR count). The summed E-state index contributed by atoms with van der Waals surface area (Å²) >= 11 is 2.71. The molecule has 29 heavy (non-hydrogen) atoms. The molecule has 0 saturated carbocycles. The Kier molecular flexibility index (Phi) is 5.68. The summed E-state index contributed by atoms with van der Waals surface area (Å²) in [6.45, 7) is -2.66. The lowest BCUT2D eigenvalue weighted by molar-refractivity contribution is 0.0656. The van der Waals surface area contributed by atoms with Crippen LogP contribution in [0.3, 0.4) is 0 Å². The van der Waals surface area contributed by atoms with Crippen molar-refractivity contribution in [2.45, 2.75) is 17.5 Å². The van der Waals surface area contributed by atoms with Gasteiger partial charge in [-0.25, -0.2) is 9.97 Å². The molecule has 0 fully saturated rings. The SMILES string of the molecule is COc1cccc(-c2nc(CSc3nc4ccccc4n3C(F)F)cs2)c1OC. The second kappa shape index (κ2) is 8.38. The number of thioether (sulfide) groups is 1. The van der Waals surface area contributed by atoms with Crippen LogP contribution in [0.2, 0.25) is 0 Å². The van der Waals surface area contributed by atoms with Gasteiger partial charge in [0.2, 0.25) is 0 Å². The fourth-order valence-electron chi connectivity index (χ4n) is 3.00. The summed E-state index contributed by atoms with van der Waals surface area (Å²) in [7, 11) is 3.17. The van der Waals surface area contributed by atoms with Crippen LogP contribution in [0.5, 0.6) is 11.5 Å². The molecule has 0 amide bonds. The molecule has 0 unspecified atom stereocenters. The zero-order chi connectivity index (χ0) is 20.4. The van der Waals surface area contributed by atoms with Crippen molar-refractivity contribution in [3.05, 3.63) is 53.5 Å². The molecule has 0 atom stereocenters. The number of imidazole rings is 1. The average molecular weight is 434 g/mol. The summed E-state index contributed by atoms with van der Waals surface area (Å²) in [6, 6.07) is 12.5. The minimum atomic E-state index is -2.66. The number of benzene rings is 2. The molecule has 5 nitrogen and oxygen atoms in total. The highest BCUT2D eigenvalue weighted by atomic mass is 32.2. The Bertz CT molecular complexity index is 1140. The minimum Gasteiger partial charge on any atom is -0.493 e. The van der Waals surface area contributed by atoms with Crippen molar-refractivity contribution in [3.8, 4) is 22.1 Å². The van der Waals surface area contributed by atoms with Gasteiger partial charge in [-0.2, -0.15) is 8.78 Å². The van der Waals surface area contributed by atoms with Crippen molar-refractivity contribution in [2.24, 2.45) is 0 Å². The third-order valence-corrected chi connectivity index (χ3v) is 6.20. The van der Waals surface area contributed by atoms with Crippen LogP contribution in [-0.2, 0) is 5.75 Å². The molecule has 150 valence electrons. The number of thiazole rings is 1. The lowest BCUT2D eigenvalue weighted by Gasteiger charge is -2.10. The number of rotatable bonds is 7. The van der Waals surface area contributed by atoms with E-state index in [1.807, 2.05) is 23.6 Å². The van der Waals surface area contributed by atoms with Gasteiger partial charge < -0.3 is 9.47 Å². The molecular weight excluding hydrogens is 416 g/mol. The van der Waals surface area contributed by atoms with Crippen molar-refractivity contribution in [3.63, 3.8) is 0 Å². The fraction of sp³-hybridized carbons (Fsp3) is 0.200. The van der Waals surface area contributed by atoms with E-state index in [2.05, 4.69) is 9.97 Å². The van der Waals surface area contributed by atoms with Gasteiger partial charge in [0.05, 0.1) is 36.5 Å². The Morgan fingerprint density at radius 3 is 2.66 bits per heavy atom. The number of hydrogen-bond acceptors (Lipinski definition) is 6. The van der Waals surface area contributed by atoms with E-state index in [4.69, 9.17) is 9.47 Å². The Morgan fingerprint density at radius 2 is 1.90 bits per heavy atom. The van der Waals surface area contributed by atoms with E-state index in [1.165, 1.54) is 23.1 Å². The highest BCUT2D eigenvalue weighted by Gasteiger charge is 2.19. The molecule has 2 heterocycles. The van der Waals surface area contributed by atoms with E-state index < -0.39 is 6.55 Å². The summed E-state index contributed by atoms with van der Waals surface area (Å²) in [6.07, 6.45) is 0. The second-order valence-corrected chi connectivity index (χ2v) is 7.81. The van der Waals surface area contributed by atoms with Gasteiger partial charge in [0.15, 0.2) is 16.7 Å². The Balaban J connectivity index is 1.59. The molecule has 0 aliphatic rings. The molecule has 0 saturated heterocycles. The monoisotopic (exact) mass is 433 g/mol. The molecule has 2 aromatic heterocycles. The number of methoxy groups -OCH3 is 2. The number of ether oxygens (including phenoxy) is 2. The van der Waals surface area contributed by atoms with Crippen LogP contribution in [0.25, 0.3) is 21.6 Å². The van der Waals surface area contributed by atoms with Crippen LogP contribution in [0.15, 0.2) is 53.0 Å². The van der Waals surface area contributed by atoms with Gasteiger partial charge in [0, 0.05) is 11.1 Å². The predicted molar refractivity (Wildman–Crippen MR) is 111 cm³/mol. The molecule has 0 radical (unpaired) electrons. The average Bonchev–Trinajstić information content (AvgIpc) is 3.35. The highest BCUT2D eigenvalue weighted by molar-refractivity contribution is 7.98. The smallest absolute Gasteiger partial charge is 0.321 e. The summed E-state index contributed by atoms with van der Waals surface area (Å²) in [4.78, 5) is 8.99. The van der Waals surface area contributed by atoms with Gasteiger partial charge in [0.25, 0.3) is 0 Å². The van der Waals surface area contributed by atoms with E-state index in [9.17, 15) is 8.78 Å². The largest absolute Gasteiger partial charge is 0.493 e. The van der Waals surface area contributed by atoms with Crippen molar-refractivity contribution in [1.29, 1.82) is 0 Å². The first-order chi connectivity index (χ1) is 14.1. The first kappa shape index (κ1) is 19.7. The third kappa shape index (κ3) is 3.79. The Labute approximate surface area is 174 Å². The summed E-state index contributed by atoms with van der Waals surface area (Å²) in [5, 5.41) is 2.96. The lowest BCUT2D eigenvalue weighted by Crippen LogP contribution is -2.00. The van der Waals surface area contributed by atoms with Crippen molar-refractivity contribution in [2.75, 3.05) is 14.2 Å². The van der Waals surface area contributed by atoms with Crippen LogP contribution in [-0.4, -0.2) is 28.8 Å². The first-order valence-corrected chi connectivity index (χ1v) is 10.5. The topological polar surface area (TPSA) is 49.2 Å². The molecule has 0 spiro atoms. The number of fused-ring (bicyclic) bond motifs is 1. The van der Waals surface area contributed by atoms with Crippen LogP contribution in [0.4, 0.5) is 8.78 Å². The maximum Gasteiger partial charge on any atom is 0.321 e. The number of alkyl halides is 2. The molecule has 9 heteroatoms. The first-order valence-electron chi connectivity index (χ1n) is 8.66. The normalized spacial score (nSPS) is 11.3. The van der Waals surface area contributed by atoms with Gasteiger partial charge in [-0.15, -0.1) is 11.3 Å². The van der Waals surface area contributed by atoms with Gasteiger partial charge in [-0.05, 0) is 24.3 Å². The zero-order valence-corrected chi connectivity index (χ0v) is 17.3. The zero-order valence-electron chi connectivity index (χ0n) is 15.6. The molecule has 0 aliphatic carbocycles. The Hall–Kier alpha value is -2.65. The molecule has 0 aliphatic heterocycles. The van der Waals surface area contributed by atoms with Crippen LogP contribution in [0.1, 0.15) is 12.2 Å². The van der Waals surface area contributed by atoms with Crippen LogP contribution >= 0.6 is 23.1 Å². The Morgan fingerprint density at radius 1 is 1.07 bits per heavy atom. The van der Waals surface area contributed by atoms with Gasteiger partial charge >= 0.3 is 6.55 Å². The van der Waals surface area contributed by atoms with Crippen molar-refractivity contribution < 1.29 is 18.3 Å². The van der Waals surface area contributed by atoms with E-state index in [0.29, 0.717) is 28.3 Å². The second-order valence-electron chi connectivity index (χ2n) is 6.00. The minimum absolute atomic E-state index is 0.273. The summed E-state index contributed by atoms with van der Waals surface area (Å²) in [5.41, 5.74) is 2.58. The number of nitrogens with zero attached hydrogens (tertiary/aromatic N) is 3. The van der Waals surface area contributed by atoms with Crippen molar-refractivity contribution >= 4 is 34.1 Å². The van der Waals surface area contributed by atoms with Crippen LogP contribution in [0, 0.1) is 0 Å². The molecule has 2 aromatic carbocycles. The predicted octanol–water partition coefficient (Wildman–Crippen LogP) is 5.86. The number of hydrogen-bond donors (Lipinski definition) is 0. The lowest BCUT2D eigenvalue weighted by atomic mass is 10.2. The number of aromatic nitrogens is 3. The highest BCUT2D eigenvalue weighted by Crippen LogP contribution is 2.39. The van der Waals surface area contributed by atoms with E-state index in [-0.39, 0.29) is 5.16 Å². The molecule has 0 N–H and O–H groups in total. The van der Waals surface area contributed by atoms with E-state index >= 15 is 0 Å². The quantitative estimate of drug-likeness (QED) is 0.342. The summed E-state index contributed by atoms with van der Waals surface area (Å²) < 4.78 is 38.9. The summed E-state index contributed by atoms with van der Waals surface area (Å²) in [5.74, 6) is 1.67. The van der Waals surface area contributed by atoms with E-state index in [0.717, 1.165) is 20.8 Å².